The van der Waals surface area contributed by atoms with Crippen molar-refractivity contribution in [1.82, 2.24) is 0 Å². The van der Waals surface area contributed by atoms with Crippen LogP contribution in [0.3, 0.4) is 0 Å². The minimum Gasteiger partial charge on any atom is -0.157 e. The fraction of sp³-hybridized carbons (Fsp3) is 0.727. The summed E-state index contributed by atoms with van der Waals surface area (Å²) >= 11 is 1.97. The van der Waals surface area contributed by atoms with Gasteiger partial charge in [-0.3, -0.25) is 0 Å². The Labute approximate surface area is 81.8 Å². The third-order valence-electron chi connectivity index (χ3n) is 1.70. The van der Waals surface area contributed by atoms with Crippen LogP contribution in [0, 0.1) is 5.75 Å². The van der Waals surface area contributed by atoms with Gasteiger partial charge in [0.2, 0.25) is 0 Å². The molecule has 0 saturated carbocycles. The molecule has 0 aromatic rings. The lowest BCUT2D eigenvalue weighted by Gasteiger charge is -1.99. The van der Waals surface area contributed by atoms with Crippen LogP contribution in [0.15, 0.2) is 12.7 Å². The van der Waals surface area contributed by atoms with Gasteiger partial charge in [0.15, 0.2) is 0 Å². The van der Waals surface area contributed by atoms with Crippen LogP contribution in [-0.4, -0.2) is 5.75 Å². The van der Waals surface area contributed by atoms with E-state index in [0.29, 0.717) is 0 Å². The Morgan fingerprint density at radius 3 is 2.58 bits per heavy atom. The van der Waals surface area contributed by atoms with Gasteiger partial charge in [0.05, 0.1) is 0 Å². The van der Waals surface area contributed by atoms with Crippen LogP contribution in [-0.2, 0) is 0 Å². The molecule has 0 fully saturated rings. The van der Waals surface area contributed by atoms with Crippen LogP contribution in [0.4, 0.5) is 0 Å². The van der Waals surface area contributed by atoms with Crippen molar-refractivity contribution in [1.29, 1.82) is 0 Å². The molecule has 12 heavy (non-hydrogen) atoms. The van der Waals surface area contributed by atoms with Crippen LogP contribution >= 0.6 is 11.8 Å². The van der Waals surface area contributed by atoms with Gasteiger partial charge in [-0.25, -0.2) is 0 Å². The normalized spacial score (nSPS) is 10.1. The number of hydrogen-bond acceptors (Lipinski definition) is 1. The molecule has 0 aliphatic carbocycles. The molecule has 71 valence electrons. The first-order chi connectivity index (χ1) is 5.91. The third kappa shape index (κ3) is 10.1. The first-order valence-electron chi connectivity index (χ1n) is 4.96. The molecule has 0 spiro atoms. The Morgan fingerprint density at radius 2 is 1.92 bits per heavy atom. The average Bonchev–Trinajstić information content (AvgIpc) is 2.10. The van der Waals surface area contributed by atoms with Gasteiger partial charge in [0, 0.05) is 5.75 Å². The second-order valence-corrected chi connectivity index (χ2v) is 4.01. The molecule has 0 N–H and O–H groups in total. The molecule has 0 heterocycles. The zero-order valence-electron chi connectivity index (χ0n) is 8.22. The van der Waals surface area contributed by atoms with E-state index < -0.39 is 0 Å². The monoisotopic (exact) mass is 185 g/mol. The number of hydrogen-bond donors (Lipinski definition) is 0. The maximum Gasteiger partial charge on any atom is 0.0163 e. The van der Waals surface area contributed by atoms with E-state index in [4.69, 9.17) is 0 Å². The summed E-state index contributed by atoms with van der Waals surface area (Å²) in [5.74, 6) is 3.60. The van der Waals surface area contributed by atoms with Crippen LogP contribution < -0.4 is 0 Å². The molecule has 0 atom stereocenters. The van der Waals surface area contributed by atoms with E-state index in [1.54, 1.807) is 0 Å². The lowest BCUT2D eigenvalue weighted by atomic mass is 10.2. The summed E-state index contributed by atoms with van der Waals surface area (Å²) in [5.41, 5.74) is 0. The number of unbranched alkanes of at least 4 members (excludes halogenated alkanes) is 4. The Bertz CT molecular complexity index is 89.0. The maximum absolute atomic E-state index is 3.71. The fourth-order valence-electron chi connectivity index (χ4n) is 1.03. The van der Waals surface area contributed by atoms with Gasteiger partial charge >= 0.3 is 0 Å². The predicted octanol–water partition coefficient (Wildman–Crippen LogP) is 4.43. The lowest BCUT2D eigenvalue weighted by Crippen LogP contribution is -1.81. The first-order valence-corrected chi connectivity index (χ1v) is 6.00. The Balaban J connectivity index is 2.77. The second-order valence-electron chi connectivity index (χ2n) is 2.94. The molecule has 0 bridgehead atoms. The van der Waals surface area contributed by atoms with Gasteiger partial charge in [-0.1, -0.05) is 25.8 Å². The Morgan fingerprint density at radius 1 is 1.17 bits per heavy atom. The van der Waals surface area contributed by atoms with E-state index in [1.165, 1.54) is 44.3 Å². The SMILES string of the molecule is C=CCCCCCCS[CH]CC. The van der Waals surface area contributed by atoms with E-state index >= 15 is 0 Å². The molecular formula is C11H21S. The molecule has 0 aliphatic heterocycles. The van der Waals surface area contributed by atoms with Crippen molar-refractivity contribution in [2.24, 2.45) is 0 Å². The molecule has 1 radical (unpaired) electrons. The lowest BCUT2D eigenvalue weighted by molar-refractivity contribution is 0.678. The first kappa shape index (κ1) is 12.1. The molecule has 0 unspecified atom stereocenters. The summed E-state index contributed by atoms with van der Waals surface area (Å²) in [6, 6.07) is 0. The highest BCUT2D eigenvalue weighted by molar-refractivity contribution is 8.01. The highest BCUT2D eigenvalue weighted by Crippen LogP contribution is 2.12. The molecule has 0 aromatic heterocycles. The van der Waals surface area contributed by atoms with Crippen LogP contribution in [0.1, 0.15) is 45.4 Å². The standard InChI is InChI=1S/C11H21S/c1-3-5-6-7-8-9-11-12-10-4-2/h3,10H,1,4-9,11H2,2H3. The molecule has 1 heteroatoms. The zero-order valence-corrected chi connectivity index (χ0v) is 9.04. The predicted molar refractivity (Wildman–Crippen MR) is 60.3 cm³/mol. The third-order valence-corrected chi connectivity index (χ3v) is 2.80. The van der Waals surface area contributed by atoms with E-state index in [-0.39, 0.29) is 0 Å². The van der Waals surface area contributed by atoms with Gasteiger partial charge < -0.3 is 0 Å². The summed E-state index contributed by atoms with van der Waals surface area (Å²) in [7, 11) is 0. The van der Waals surface area contributed by atoms with Crippen molar-refractivity contribution in [2.75, 3.05) is 5.75 Å². The smallest absolute Gasteiger partial charge is 0.0163 e. The Kier molecular flexibility index (Phi) is 11.2. The van der Waals surface area contributed by atoms with Crippen molar-refractivity contribution in [3.05, 3.63) is 18.4 Å². The summed E-state index contributed by atoms with van der Waals surface area (Å²) < 4.78 is 0. The highest BCUT2D eigenvalue weighted by Gasteiger charge is 1.89. The number of rotatable bonds is 9. The molecule has 0 aromatic carbocycles. The molecule has 0 rings (SSSR count). The van der Waals surface area contributed by atoms with Crippen molar-refractivity contribution in [3.63, 3.8) is 0 Å². The van der Waals surface area contributed by atoms with E-state index in [2.05, 4.69) is 19.3 Å². The summed E-state index contributed by atoms with van der Waals surface area (Å²) in [4.78, 5) is 0. The Hall–Kier alpha value is 0.0900. The summed E-state index contributed by atoms with van der Waals surface area (Å²) in [6.45, 7) is 5.90. The van der Waals surface area contributed by atoms with Crippen molar-refractivity contribution >= 4 is 11.8 Å². The minimum absolute atomic E-state index is 1.19. The minimum atomic E-state index is 1.19. The van der Waals surface area contributed by atoms with Crippen molar-refractivity contribution < 1.29 is 0 Å². The van der Waals surface area contributed by atoms with Gasteiger partial charge in [0.1, 0.15) is 0 Å². The van der Waals surface area contributed by atoms with Crippen LogP contribution in [0.25, 0.3) is 0 Å². The topological polar surface area (TPSA) is 0 Å². The van der Waals surface area contributed by atoms with Crippen molar-refractivity contribution in [2.45, 2.75) is 45.4 Å². The van der Waals surface area contributed by atoms with E-state index in [0.717, 1.165) is 0 Å². The molecule has 0 nitrogen and oxygen atoms in total. The second kappa shape index (κ2) is 11.1. The summed E-state index contributed by atoms with van der Waals surface area (Å²) in [5, 5.41) is 0. The molecule has 0 saturated heterocycles. The largest absolute Gasteiger partial charge is 0.157 e. The zero-order chi connectivity index (χ0) is 9.07. The quantitative estimate of drug-likeness (QED) is 0.378. The van der Waals surface area contributed by atoms with Gasteiger partial charge in [0.25, 0.3) is 0 Å². The molecular weight excluding hydrogens is 164 g/mol. The van der Waals surface area contributed by atoms with Crippen molar-refractivity contribution in [3.8, 4) is 0 Å². The fourth-order valence-corrected chi connectivity index (χ4v) is 1.80. The highest BCUT2D eigenvalue weighted by atomic mass is 32.2. The maximum atomic E-state index is 3.71. The number of allylic oxidation sites excluding steroid dienone is 1. The van der Waals surface area contributed by atoms with Gasteiger partial charge in [-0.2, -0.15) is 11.8 Å². The molecule has 0 amide bonds. The molecule has 0 aliphatic rings. The summed E-state index contributed by atoms with van der Waals surface area (Å²) in [6.07, 6.45) is 9.86. The van der Waals surface area contributed by atoms with Gasteiger partial charge in [-0.15, -0.1) is 6.58 Å². The average molecular weight is 185 g/mol. The van der Waals surface area contributed by atoms with Crippen LogP contribution in [0.2, 0.25) is 0 Å². The van der Waals surface area contributed by atoms with E-state index in [1.807, 2.05) is 17.8 Å². The number of thioether (sulfide) groups is 1. The van der Waals surface area contributed by atoms with Crippen LogP contribution in [0.5, 0.6) is 0 Å². The van der Waals surface area contributed by atoms with E-state index in [9.17, 15) is 0 Å². The van der Waals surface area contributed by atoms with Gasteiger partial charge in [-0.05, 0) is 31.4 Å².